The first-order chi connectivity index (χ1) is 7.00. The minimum Gasteiger partial charge on any atom is -0.290 e. The van der Waals surface area contributed by atoms with Crippen molar-refractivity contribution in [2.45, 2.75) is 46.3 Å². The van der Waals surface area contributed by atoms with E-state index < -0.39 is 0 Å². The molecule has 0 N–H and O–H groups in total. The number of hydrogen-bond acceptors (Lipinski definition) is 1. The Morgan fingerprint density at radius 1 is 1.13 bits per heavy atom. The zero-order valence-corrected chi connectivity index (χ0v) is 10.2. The van der Waals surface area contributed by atoms with Gasteiger partial charge in [-0.1, -0.05) is 51.1 Å². The summed E-state index contributed by atoms with van der Waals surface area (Å²) in [6.45, 7) is 10.4. The molecule has 1 aliphatic heterocycles. The van der Waals surface area contributed by atoms with Crippen LogP contribution in [0.1, 0.15) is 33.3 Å². The van der Waals surface area contributed by atoms with Gasteiger partial charge in [0, 0.05) is 18.6 Å². The van der Waals surface area contributed by atoms with Crippen LogP contribution < -0.4 is 0 Å². The van der Waals surface area contributed by atoms with Gasteiger partial charge in [-0.2, -0.15) is 0 Å². The van der Waals surface area contributed by atoms with Crippen LogP contribution in [0.15, 0.2) is 30.3 Å². The number of benzene rings is 1. The average Bonchev–Trinajstić information content (AvgIpc) is 2.77. The zero-order valence-electron chi connectivity index (χ0n) is 10.2. The highest BCUT2D eigenvalue weighted by atomic mass is 15.4. The molecule has 1 fully saturated rings. The summed E-state index contributed by atoms with van der Waals surface area (Å²) in [5.41, 5.74) is 1.84. The molecule has 1 nitrogen and oxygen atoms in total. The Hall–Kier alpha value is -0.820. The van der Waals surface area contributed by atoms with Gasteiger partial charge >= 0.3 is 0 Å². The van der Waals surface area contributed by atoms with Crippen molar-refractivity contribution in [1.82, 2.24) is 4.90 Å². The fraction of sp³-hybridized carbons (Fsp3) is 0.571. The third kappa shape index (κ3) is 2.23. The molecule has 15 heavy (non-hydrogen) atoms. The van der Waals surface area contributed by atoms with E-state index in [9.17, 15) is 0 Å². The molecule has 0 aromatic heterocycles. The lowest BCUT2D eigenvalue weighted by Gasteiger charge is -2.18. The number of rotatable bonds is 2. The lowest BCUT2D eigenvalue weighted by atomic mass is 9.90. The molecule has 82 valence electrons. The van der Waals surface area contributed by atoms with Crippen molar-refractivity contribution in [3.05, 3.63) is 35.9 Å². The first-order valence-electron chi connectivity index (χ1n) is 5.80. The Labute approximate surface area is 93.1 Å². The van der Waals surface area contributed by atoms with Gasteiger partial charge < -0.3 is 0 Å². The van der Waals surface area contributed by atoms with Crippen LogP contribution in [0.4, 0.5) is 0 Å². The van der Waals surface area contributed by atoms with E-state index >= 15 is 0 Å². The van der Waals surface area contributed by atoms with E-state index in [1.54, 1.807) is 0 Å². The normalized spacial score (nSPS) is 30.3. The third-order valence-corrected chi connectivity index (χ3v) is 3.34. The second kappa shape index (κ2) is 3.64. The standard InChI is InChI=1S/C14H21N/c1-11-13(14(2,3)4)15(11)10-12-8-6-5-7-9-12/h5-9,11,13H,10H2,1-4H3/t11-,13+,15?/m0/s1. The SMILES string of the molecule is C[C@H]1[C@H](C(C)(C)C)N1Cc1ccccc1. The van der Waals surface area contributed by atoms with Gasteiger partial charge in [0.25, 0.3) is 0 Å². The minimum atomic E-state index is 0.411. The van der Waals surface area contributed by atoms with Crippen molar-refractivity contribution in [2.75, 3.05) is 0 Å². The van der Waals surface area contributed by atoms with Gasteiger partial charge in [0.15, 0.2) is 0 Å². The average molecular weight is 203 g/mol. The molecule has 1 aromatic rings. The predicted molar refractivity (Wildman–Crippen MR) is 64.7 cm³/mol. The van der Waals surface area contributed by atoms with Crippen molar-refractivity contribution in [3.63, 3.8) is 0 Å². The summed E-state index contributed by atoms with van der Waals surface area (Å²) in [7, 11) is 0. The Morgan fingerprint density at radius 2 is 1.73 bits per heavy atom. The molecule has 0 amide bonds. The summed E-state index contributed by atoms with van der Waals surface area (Å²) in [6, 6.07) is 12.2. The first-order valence-corrected chi connectivity index (χ1v) is 5.80. The smallest absolute Gasteiger partial charge is 0.0304 e. The van der Waals surface area contributed by atoms with Crippen LogP contribution in [0.2, 0.25) is 0 Å². The van der Waals surface area contributed by atoms with E-state index in [1.165, 1.54) is 5.56 Å². The summed E-state index contributed by atoms with van der Waals surface area (Å²) in [5.74, 6) is 0. The maximum Gasteiger partial charge on any atom is 0.0304 e. The Morgan fingerprint density at radius 3 is 2.20 bits per heavy atom. The maximum absolute atomic E-state index is 2.58. The molecule has 1 aromatic carbocycles. The fourth-order valence-corrected chi connectivity index (χ4v) is 2.67. The van der Waals surface area contributed by atoms with E-state index in [1.807, 2.05) is 0 Å². The molecular weight excluding hydrogens is 182 g/mol. The van der Waals surface area contributed by atoms with E-state index in [0.29, 0.717) is 5.41 Å². The van der Waals surface area contributed by atoms with Gasteiger partial charge in [-0.05, 0) is 17.9 Å². The van der Waals surface area contributed by atoms with Crippen molar-refractivity contribution in [3.8, 4) is 0 Å². The highest BCUT2D eigenvalue weighted by Gasteiger charge is 2.50. The molecule has 1 aliphatic rings. The van der Waals surface area contributed by atoms with Crippen molar-refractivity contribution in [1.29, 1.82) is 0 Å². The molecule has 1 saturated heterocycles. The second-order valence-corrected chi connectivity index (χ2v) is 5.71. The van der Waals surface area contributed by atoms with Gasteiger partial charge in [0.05, 0.1) is 0 Å². The third-order valence-electron chi connectivity index (χ3n) is 3.34. The molecule has 0 spiro atoms. The molecule has 0 aliphatic carbocycles. The van der Waals surface area contributed by atoms with Crippen LogP contribution in [0, 0.1) is 5.41 Å². The summed E-state index contributed by atoms with van der Waals surface area (Å²) in [5, 5.41) is 0. The van der Waals surface area contributed by atoms with E-state index in [4.69, 9.17) is 0 Å². The molecule has 2 rings (SSSR count). The summed E-state index contributed by atoms with van der Waals surface area (Å²) in [6.07, 6.45) is 0. The van der Waals surface area contributed by atoms with Crippen molar-refractivity contribution >= 4 is 0 Å². The van der Waals surface area contributed by atoms with Crippen LogP contribution >= 0.6 is 0 Å². The Kier molecular flexibility index (Phi) is 2.59. The van der Waals surface area contributed by atoms with Crippen LogP contribution in [0.5, 0.6) is 0 Å². The molecular formula is C14H21N. The maximum atomic E-state index is 2.58. The summed E-state index contributed by atoms with van der Waals surface area (Å²) in [4.78, 5) is 2.58. The van der Waals surface area contributed by atoms with Gasteiger partial charge in [-0.15, -0.1) is 0 Å². The van der Waals surface area contributed by atoms with Crippen LogP contribution in [0.25, 0.3) is 0 Å². The number of hydrogen-bond donors (Lipinski definition) is 0. The molecule has 0 radical (unpaired) electrons. The van der Waals surface area contributed by atoms with Gasteiger partial charge in [0.1, 0.15) is 0 Å². The molecule has 1 unspecified atom stereocenters. The molecule has 3 atom stereocenters. The van der Waals surface area contributed by atoms with E-state index in [-0.39, 0.29) is 0 Å². The quantitative estimate of drug-likeness (QED) is 0.666. The van der Waals surface area contributed by atoms with Gasteiger partial charge in [-0.3, -0.25) is 4.90 Å². The molecule has 1 heteroatoms. The molecule has 1 heterocycles. The van der Waals surface area contributed by atoms with Crippen molar-refractivity contribution < 1.29 is 0 Å². The molecule has 0 bridgehead atoms. The van der Waals surface area contributed by atoms with Crippen LogP contribution in [0.3, 0.4) is 0 Å². The Bertz CT molecular complexity index is 323. The first kappa shape index (κ1) is 10.7. The highest BCUT2D eigenvalue weighted by Crippen LogP contribution is 2.42. The van der Waals surface area contributed by atoms with E-state index in [0.717, 1.165) is 18.6 Å². The second-order valence-electron chi connectivity index (χ2n) is 5.71. The Balaban J connectivity index is 1.99. The van der Waals surface area contributed by atoms with Gasteiger partial charge in [0.2, 0.25) is 0 Å². The monoisotopic (exact) mass is 203 g/mol. The minimum absolute atomic E-state index is 0.411. The zero-order chi connectivity index (χ0) is 11.1. The summed E-state index contributed by atoms with van der Waals surface area (Å²) < 4.78 is 0. The lowest BCUT2D eigenvalue weighted by molar-refractivity contribution is 0.324. The van der Waals surface area contributed by atoms with Crippen LogP contribution in [-0.4, -0.2) is 17.0 Å². The topological polar surface area (TPSA) is 3.01 Å². The van der Waals surface area contributed by atoms with E-state index in [2.05, 4.69) is 62.9 Å². The van der Waals surface area contributed by atoms with Crippen LogP contribution in [-0.2, 0) is 6.54 Å². The van der Waals surface area contributed by atoms with Gasteiger partial charge in [-0.25, -0.2) is 0 Å². The lowest BCUT2D eigenvalue weighted by Crippen LogP contribution is -2.18. The molecule has 0 saturated carbocycles. The summed E-state index contributed by atoms with van der Waals surface area (Å²) >= 11 is 0. The number of nitrogens with zero attached hydrogens (tertiary/aromatic N) is 1. The van der Waals surface area contributed by atoms with Crippen molar-refractivity contribution in [2.24, 2.45) is 5.41 Å². The highest BCUT2D eigenvalue weighted by molar-refractivity contribution is 5.17. The predicted octanol–water partition coefficient (Wildman–Crippen LogP) is 3.31. The largest absolute Gasteiger partial charge is 0.290 e. The fourth-order valence-electron chi connectivity index (χ4n) is 2.67.